The highest BCUT2D eigenvalue weighted by Crippen LogP contribution is 2.40. The molecule has 27 heteroatoms. The molecule has 530 valence electrons. The van der Waals surface area contributed by atoms with Gasteiger partial charge in [0.2, 0.25) is 0 Å². The van der Waals surface area contributed by atoms with E-state index in [0.29, 0.717) is 69.6 Å². The second kappa shape index (κ2) is 30.1. The SMILES string of the molecule is Cc1[nH]c2ccc(C(F)(F)F)cc2c1CC(=O)[C@@](N)(CCCCN)C(=O)Nc1ccc(C(c2ccc(NC(=O)[C@](N)(CCCCN)C(=O)Cc3c(C)[nH]c4ccc(C(F)(F)F)cc34)cc2)c2ccc(NC(=O)[C@](N)(CCCCN)C(=O)Cc3c(C)[nH]c4ccc(C(F)(F)F)cc34)cc2)cc1. The van der Waals surface area contributed by atoms with E-state index in [-0.39, 0.29) is 108 Å². The van der Waals surface area contributed by atoms with Gasteiger partial charge in [0.25, 0.3) is 17.7 Å². The number of Topliss-reactive ketones (excluding diaryl/α,β-unsaturated/α-hetero) is 3. The van der Waals surface area contributed by atoms with Crippen molar-refractivity contribution in [1.82, 2.24) is 15.0 Å². The molecule has 3 aromatic heterocycles. The van der Waals surface area contributed by atoms with Gasteiger partial charge in [0.05, 0.1) is 16.7 Å². The number of halogens is 9. The second-order valence-electron chi connectivity index (χ2n) is 25.6. The second-order valence-corrected chi connectivity index (χ2v) is 25.6. The largest absolute Gasteiger partial charge is 0.416 e. The molecule has 100 heavy (non-hydrogen) atoms. The summed E-state index contributed by atoms with van der Waals surface area (Å²) in [5, 5.41) is 8.71. The Morgan fingerprint density at radius 2 is 0.610 bits per heavy atom. The van der Waals surface area contributed by atoms with Crippen molar-refractivity contribution in [2.45, 2.75) is 139 Å². The molecule has 0 saturated carbocycles. The summed E-state index contributed by atoms with van der Waals surface area (Å²) in [6, 6.07) is 28.8. The van der Waals surface area contributed by atoms with Crippen LogP contribution < -0.4 is 50.4 Å². The highest BCUT2D eigenvalue weighted by molar-refractivity contribution is 6.18. The summed E-state index contributed by atoms with van der Waals surface area (Å²) in [6.45, 7) is 5.43. The molecule has 9 aromatic rings. The number of H-pyrrole nitrogens is 3. The summed E-state index contributed by atoms with van der Waals surface area (Å²) in [6.07, 6.45) is -14.1. The lowest BCUT2D eigenvalue weighted by atomic mass is 9.83. The molecule has 0 aliphatic rings. The molecule has 0 saturated heterocycles. The van der Waals surface area contributed by atoms with Gasteiger partial charge in [-0.05, 0) is 223 Å². The molecule has 3 amide bonds. The Labute approximate surface area is 569 Å². The summed E-state index contributed by atoms with van der Waals surface area (Å²) < 4.78 is 125. The van der Waals surface area contributed by atoms with E-state index in [1.165, 1.54) is 18.2 Å². The normalized spacial score (nSPS) is 14.1. The maximum absolute atomic E-state index is 14.4. The van der Waals surface area contributed by atoms with Gasteiger partial charge in [0.15, 0.2) is 34.0 Å². The molecule has 0 spiro atoms. The summed E-state index contributed by atoms with van der Waals surface area (Å²) in [4.78, 5) is 95.6. The third-order valence-corrected chi connectivity index (χ3v) is 18.6. The highest BCUT2D eigenvalue weighted by atomic mass is 19.4. The molecule has 9 rings (SSSR count). The molecule has 6 aromatic carbocycles. The van der Waals surface area contributed by atoms with Gasteiger partial charge in [-0.3, -0.25) is 28.8 Å². The lowest BCUT2D eigenvalue weighted by Crippen LogP contribution is -2.58. The van der Waals surface area contributed by atoms with Crippen molar-refractivity contribution in [2.24, 2.45) is 34.4 Å². The third-order valence-electron chi connectivity index (χ3n) is 18.6. The number of carbonyl (C=O) groups excluding carboxylic acids is 6. The Balaban J connectivity index is 1.02. The number of fused-ring (bicyclic) bond motifs is 3. The third kappa shape index (κ3) is 16.4. The fourth-order valence-electron chi connectivity index (χ4n) is 12.7. The van der Waals surface area contributed by atoms with E-state index in [1.54, 1.807) is 93.6 Å². The van der Waals surface area contributed by atoms with Crippen molar-refractivity contribution in [3.63, 3.8) is 0 Å². The van der Waals surface area contributed by atoms with Gasteiger partial charge in [-0.2, -0.15) is 39.5 Å². The fourth-order valence-corrected chi connectivity index (χ4v) is 12.7. The lowest BCUT2D eigenvalue weighted by molar-refractivity contribution is -0.138. The monoisotopic (exact) mass is 1390 g/mol. The van der Waals surface area contributed by atoms with Gasteiger partial charge in [-0.1, -0.05) is 36.4 Å². The van der Waals surface area contributed by atoms with Crippen LogP contribution in [-0.2, 0) is 66.6 Å². The van der Waals surface area contributed by atoms with Crippen LogP contribution in [-0.4, -0.2) is 86.3 Å². The average Bonchev–Trinajstić information content (AvgIpc) is 1.58. The van der Waals surface area contributed by atoms with Crippen molar-refractivity contribution >= 4 is 84.8 Å². The van der Waals surface area contributed by atoms with Crippen molar-refractivity contribution in [3.8, 4) is 0 Å². The number of ketones is 3. The van der Waals surface area contributed by atoms with Crippen LogP contribution in [0, 0.1) is 20.8 Å². The van der Waals surface area contributed by atoms with Crippen LogP contribution in [0.2, 0.25) is 0 Å². The predicted molar refractivity (Wildman–Crippen MR) is 366 cm³/mol. The number of anilines is 3. The standard InChI is InChI=1S/C73H79F9N12O6/c1-40-52(55-34-46(71(74,75)76)16-25-58(55)89-40)37-61(95)68(86,28-4-7-31-83)65(98)92-49-19-10-43(11-20-49)64(44-12-21-50(22-13-44)93-66(99)69(87,29-5-8-32-84)62(96)38-53-41(2)90-59-26-17-47(35-56(53)59)72(77,78)79)45-14-23-51(24-15-45)94-67(100)70(88,30-6-9-33-85)63(97)39-54-42(3)91-60-27-18-48(36-57(54)60)73(80,81)82/h10-27,34-36,64,89-91H,4-9,28-33,37-39,83-88H2,1-3H3,(H,92,98)(H,93,99)(H,94,100)/t68-,69-,70-/m0/s1. The van der Waals surface area contributed by atoms with Crippen LogP contribution in [0.4, 0.5) is 56.6 Å². The number of carbonyl (C=O) groups is 6. The first-order chi connectivity index (χ1) is 47.1. The molecular formula is C73H79F9N12O6. The summed E-state index contributed by atoms with van der Waals surface area (Å²) >= 11 is 0. The van der Waals surface area contributed by atoms with Gasteiger partial charge in [0, 0.05) is 92.0 Å². The Hall–Kier alpha value is -9.51. The Kier molecular flexibility index (Phi) is 22.5. The number of nitrogens with two attached hydrogens (primary N) is 6. The number of alkyl halides is 9. The van der Waals surface area contributed by atoms with Crippen LogP contribution in [0.15, 0.2) is 127 Å². The Bertz CT molecular complexity index is 4050. The zero-order valence-corrected chi connectivity index (χ0v) is 55.1. The number of aromatic nitrogens is 3. The maximum Gasteiger partial charge on any atom is 0.416 e. The van der Waals surface area contributed by atoms with E-state index >= 15 is 0 Å². The summed E-state index contributed by atoms with van der Waals surface area (Å²) in [5.74, 6) is -5.68. The Morgan fingerprint density at radius 1 is 0.370 bits per heavy atom. The number of unbranched alkanes of at least 4 members (excludes halogenated alkanes) is 3. The zero-order chi connectivity index (χ0) is 72.9. The van der Waals surface area contributed by atoms with E-state index in [1.807, 2.05) is 0 Å². The molecule has 0 radical (unpaired) electrons. The number of nitrogens with one attached hydrogen (secondary N) is 6. The number of hydrogen-bond donors (Lipinski definition) is 12. The molecule has 0 aliphatic heterocycles. The zero-order valence-electron chi connectivity index (χ0n) is 55.1. The molecule has 3 atom stereocenters. The number of hydrogen-bond acceptors (Lipinski definition) is 12. The molecule has 0 aliphatic carbocycles. The minimum atomic E-state index is -4.68. The number of rotatable bonds is 30. The van der Waals surface area contributed by atoms with E-state index < -0.39 is 112 Å². The minimum absolute atomic E-state index is 0.142. The van der Waals surface area contributed by atoms with E-state index in [2.05, 4.69) is 30.9 Å². The number of aromatic amines is 3. The molecule has 3 heterocycles. The van der Waals surface area contributed by atoms with Crippen molar-refractivity contribution < 1.29 is 68.3 Å². The van der Waals surface area contributed by atoms with Crippen LogP contribution in [0.25, 0.3) is 32.7 Å². The predicted octanol–water partition coefficient (Wildman–Crippen LogP) is 12.0. The van der Waals surface area contributed by atoms with Gasteiger partial charge in [0.1, 0.15) is 0 Å². The van der Waals surface area contributed by atoms with Crippen LogP contribution in [0.1, 0.15) is 131 Å². The van der Waals surface area contributed by atoms with Gasteiger partial charge >= 0.3 is 18.5 Å². The van der Waals surface area contributed by atoms with Crippen LogP contribution in [0.3, 0.4) is 0 Å². The maximum atomic E-state index is 14.4. The van der Waals surface area contributed by atoms with Crippen molar-refractivity contribution in [3.05, 3.63) is 195 Å². The van der Waals surface area contributed by atoms with E-state index in [9.17, 15) is 68.3 Å². The van der Waals surface area contributed by atoms with Crippen LogP contribution >= 0.6 is 0 Å². The quantitative estimate of drug-likeness (QED) is 0.00865. The fraction of sp³-hybridized carbons (Fsp3) is 0.342. The topological polar surface area (TPSA) is 342 Å². The molecule has 0 fully saturated rings. The molecule has 0 unspecified atom stereocenters. The first-order valence-corrected chi connectivity index (χ1v) is 32.5. The molecule has 18 N–H and O–H groups in total. The first kappa shape index (κ1) is 74.7. The lowest BCUT2D eigenvalue weighted by Gasteiger charge is -2.28. The smallest absolute Gasteiger partial charge is 0.358 e. The Morgan fingerprint density at radius 3 is 0.830 bits per heavy atom. The van der Waals surface area contributed by atoms with Crippen molar-refractivity contribution in [2.75, 3.05) is 35.6 Å². The van der Waals surface area contributed by atoms with E-state index in [0.717, 1.165) is 36.4 Å². The first-order valence-electron chi connectivity index (χ1n) is 32.5. The summed E-state index contributed by atoms with van der Waals surface area (Å²) in [7, 11) is 0. The number of aryl methyl sites for hydroxylation is 3. The molecular weight excluding hydrogens is 1310 g/mol. The number of amides is 3. The molecule has 0 bridgehead atoms. The molecule has 18 nitrogen and oxygen atoms in total. The summed E-state index contributed by atoms with van der Waals surface area (Å²) in [5.41, 5.74) is 33.7. The van der Waals surface area contributed by atoms with Crippen molar-refractivity contribution in [1.29, 1.82) is 0 Å². The van der Waals surface area contributed by atoms with Crippen LogP contribution in [0.5, 0.6) is 0 Å². The number of benzene rings is 6. The van der Waals surface area contributed by atoms with E-state index in [4.69, 9.17) is 34.4 Å². The highest BCUT2D eigenvalue weighted by Gasteiger charge is 2.45. The van der Waals surface area contributed by atoms with Gasteiger partial charge < -0.3 is 65.3 Å². The van der Waals surface area contributed by atoms with Gasteiger partial charge in [-0.25, -0.2) is 0 Å². The minimum Gasteiger partial charge on any atom is -0.358 e. The van der Waals surface area contributed by atoms with Gasteiger partial charge in [-0.15, -0.1) is 0 Å². The average molecular weight is 1390 g/mol.